The van der Waals surface area contributed by atoms with Crippen molar-refractivity contribution in [2.75, 3.05) is 0 Å². The second-order valence-electron chi connectivity index (χ2n) is 3.61. The molecule has 0 heterocycles. The highest BCUT2D eigenvalue weighted by atomic mass is 16.3. The summed E-state index contributed by atoms with van der Waals surface area (Å²) in [6.07, 6.45) is 4.52. The number of rotatable bonds is 1. The summed E-state index contributed by atoms with van der Waals surface area (Å²) in [5, 5.41) is 9.33. The van der Waals surface area contributed by atoms with Crippen molar-refractivity contribution in [1.82, 2.24) is 0 Å². The third-order valence-electron chi connectivity index (χ3n) is 2.86. The van der Waals surface area contributed by atoms with Crippen molar-refractivity contribution in [3.05, 3.63) is 0 Å². The summed E-state index contributed by atoms with van der Waals surface area (Å²) < 4.78 is 0. The molecule has 1 N–H and O–H groups in total. The Morgan fingerprint density at radius 2 is 2.20 bits per heavy atom. The lowest BCUT2D eigenvalue weighted by Crippen LogP contribution is -2.23. The van der Waals surface area contributed by atoms with Crippen LogP contribution in [-0.4, -0.2) is 19.1 Å². The Kier molecular flexibility index (Phi) is 2.78. The van der Waals surface area contributed by atoms with E-state index in [0.29, 0.717) is 0 Å². The lowest BCUT2D eigenvalue weighted by molar-refractivity contribution is 0.100. The van der Waals surface area contributed by atoms with Crippen molar-refractivity contribution in [1.29, 1.82) is 0 Å². The van der Waals surface area contributed by atoms with E-state index in [2.05, 4.69) is 14.8 Å². The van der Waals surface area contributed by atoms with E-state index >= 15 is 0 Å². The second-order valence-corrected chi connectivity index (χ2v) is 3.61. The number of aliphatic hydroxyl groups excluding tert-OH is 1. The molecule has 0 radical (unpaired) electrons. The van der Waals surface area contributed by atoms with Gasteiger partial charge >= 0.3 is 0 Å². The summed E-state index contributed by atoms with van der Waals surface area (Å²) in [4.78, 5) is 0. The van der Waals surface area contributed by atoms with Gasteiger partial charge in [-0.25, -0.2) is 0 Å². The van der Waals surface area contributed by atoms with Crippen LogP contribution >= 0.6 is 0 Å². The van der Waals surface area contributed by atoms with Crippen molar-refractivity contribution in [3.63, 3.8) is 0 Å². The van der Waals surface area contributed by atoms with Crippen LogP contribution < -0.4 is 0 Å². The summed E-state index contributed by atoms with van der Waals surface area (Å²) in [5.41, 5.74) is 0. The minimum Gasteiger partial charge on any atom is -0.393 e. The number of hydrogen-bond acceptors (Lipinski definition) is 1. The number of aliphatic hydroxyl groups is 1. The molecule has 1 saturated carbocycles. The van der Waals surface area contributed by atoms with E-state index in [4.69, 9.17) is 0 Å². The molecule has 0 aromatic rings. The summed E-state index contributed by atoms with van der Waals surface area (Å²) in [6.45, 7) is 2.22. The van der Waals surface area contributed by atoms with Gasteiger partial charge in [0.05, 0.1) is 6.10 Å². The highest BCUT2D eigenvalue weighted by Gasteiger charge is 2.24. The lowest BCUT2D eigenvalue weighted by Gasteiger charge is -2.31. The molecule has 0 aromatic carbocycles. The molecule has 10 heavy (non-hydrogen) atoms. The van der Waals surface area contributed by atoms with Gasteiger partial charge in [-0.1, -0.05) is 25.6 Å². The molecule has 0 aliphatic heterocycles. The van der Waals surface area contributed by atoms with E-state index in [9.17, 15) is 5.11 Å². The molecule has 1 aliphatic rings. The largest absolute Gasteiger partial charge is 0.393 e. The van der Waals surface area contributed by atoms with Crippen LogP contribution in [0.1, 0.15) is 32.6 Å². The molecular formula is C8H17BO. The van der Waals surface area contributed by atoms with E-state index in [-0.39, 0.29) is 6.10 Å². The number of hydrogen-bond donors (Lipinski definition) is 1. The minimum absolute atomic E-state index is 0.00106. The summed E-state index contributed by atoms with van der Waals surface area (Å²) in [6, 6.07) is 0. The monoisotopic (exact) mass is 140 g/mol. The topological polar surface area (TPSA) is 20.2 Å². The average Bonchev–Trinajstić information content (AvgIpc) is 1.94. The van der Waals surface area contributed by atoms with Crippen LogP contribution in [0.5, 0.6) is 0 Å². The van der Waals surface area contributed by atoms with Crippen LogP contribution in [0.15, 0.2) is 0 Å². The van der Waals surface area contributed by atoms with Gasteiger partial charge < -0.3 is 5.11 Å². The molecule has 3 unspecified atom stereocenters. The molecule has 0 saturated heterocycles. The first-order chi connectivity index (χ1) is 4.74. The molecule has 0 amide bonds. The first kappa shape index (κ1) is 8.12. The van der Waals surface area contributed by atoms with Gasteiger partial charge in [0, 0.05) is 0 Å². The Labute approximate surface area is 64.2 Å². The van der Waals surface area contributed by atoms with Crippen LogP contribution in [-0.2, 0) is 0 Å². The maximum Gasteiger partial charge on any atom is 0.105 e. The normalized spacial score (nSPS) is 41.6. The molecule has 1 rings (SSSR count). The van der Waals surface area contributed by atoms with Crippen molar-refractivity contribution >= 4 is 7.85 Å². The zero-order valence-corrected chi connectivity index (χ0v) is 7.01. The van der Waals surface area contributed by atoms with Crippen molar-refractivity contribution in [2.45, 2.75) is 44.5 Å². The quantitative estimate of drug-likeness (QED) is 0.538. The second kappa shape index (κ2) is 3.43. The van der Waals surface area contributed by atoms with Crippen LogP contribution in [0.25, 0.3) is 0 Å². The van der Waals surface area contributed by atoms with E-state index in [0.717, 1.165) is 24.6 Å². The highest BCUT2D eigenvalue weighted by molar-refractivity contribution is 6.11. The standard InChI is InChI=1S/C8H17BO/c1-2-6-5-7(10)3-4-8(6)9/h6-8,10H,2-5,9H2,1H3. The van der Waals surface area contributed by atoms with Crippen LogP contribution in [0.3, 0.4) is 0 Å². The molecule has 1 nitrogen and oxygen atoms in total. The SMILES string of the molecule is BC1CCC(O)CC1CC. The first-order valence-electron chi connectivity index (χ1n) is 4.42. The highest BCUT2D eigenvalue weighted by Crippen LogP contribution is 2.34. The summed E-state index contributed by atoms with van der Waals surface area (Å²) >= 11 is 0. The molecule has 0 aromatic heterocycles. The summed E-state index contributed by atoms with van der Waals surface area (Å²) in [7, 11) is 2.31. The van der Waals surface area contributed by atoms with Crippen LogP contribution in [0.2, 0.25) is 5.82 Å². The fourth-order valence-corrected chi connectivity index (χ4v) is 1.96. The van der Waals surface area contributed by atoms with Gasteiger partial charge in [0.15, 0.2) is 0 Å². The van der Waals surface area contributed by atoms with Gasteiger partial charge in [0.2, 0.25) is 0 Å². The van der Waals surface area contributed by atoms with Crippen molar-refractivity contribution in [2.24, 2.45) is 5.92 Å². The molecule has 1 aliphatic carbocycles. The molecule has 1 fully saturated rings. The molecule has 0 spiro atoms. The summed E-state index contributed by atoms with van der Waals surface area (Å²) in [5.74, 6) is 1.62. The minimum atomic E-state index is 0.00106. The van der Waals surface area contributed by atoms with Gasteiger partial charge in [-0.05, 0) is 18.8 Å². The van der Waals surface area contributed by atoms with E-state index in [1.54, 1.807) is 0 Å². The smallest absolute Gasteiger partial charge is 0.105 e. The fraction of sp³-hybridized carbons (Fsp3) is 1.00. The first-order valence-corrected chi connectivity index (χ1v) is 4.42. The van der Waals surface area contributed by atoms with Gasteiger partial charge in [-0.15, -0.1) is 0 Å². The molecule has 2 heteroatoms. The predicted octanol–water partition coefficient (Wildman–Crippen LogP) is 0.979. The van der Waals surface area contributed by atoms with E-state index < -0.39 is 0 Å². The Balaban J connectivity index is 2.38. The Bertz CT molecular complexity index is 105. The maximum atomic E-state index is 9.33. The van der Waals surface area contributed by atoms with Crippen LogP contribution in [0, 0.1) is 5.92 Å². The van der Waals surface area contributed by atoms with Gasteiger partial charge in [-0.2, -0.15) is 0 Å². The average molecular weight is 140 g/mol. The molecule has 0 bridgehead atoms. The van der Waals surface area contributed by atoms with Gasteiger partial charge in [0.25, 0.3) is 0 Å². The Morgan fingerprint density at radius 1 is 1.50 bits per heavy atom. The predicted molar refractivity (Wildman–Crippen MR) is 45.9 cm³/mol. The Morgan fingerprint density at radius 3 is 2.70 bits per heavy atom. The Hall–Kier alpha value is 0.0249. The van der Waals surface area contributed by atoms with Crippen LogP contribution in [0.4, 0.5) is 0 Å². The van der Waals surface area contributed by atoms with E-state index in [1.807, 2.05) is 0 Å². The van der Waals surface area contributed by atoms with Crippen molar-refractivity contribution < 1.29 is 5.11 Å². The zero-order chi connectivity index (χ0) is 7.56. The molecule has 3 atom stereocenters. The van der Waals surface area contributed by atoms with Gasteiger partial charge in [0.1, 0.15) is 7.85 Å². The molecule has 58 valence electrons. The van der Waals surface area contributed by atoms with E-state index in [1.165, 1.54) is 12.8 Å². The zero-order valence-electron chi connectivity index (χ0n) is 7.01. The third kappa shape index (κ3) is 1.75. The fourth-order valence-electron chi connectivity index (χ4n) is 1.96. The molecular weight excluding hydrogens is 123 g/mol. The third-order valence-corrected chi connectivity index (χ3v) is 2.86. The van der Waals surface area contributed by atoms with Crippen molar-refractivity contribution in [3.8, 4) is 0 Å². The lowest BCUT2D eigenvalue weighted by atomic mass is 9.66. The maximum absolute atomic E-state index is 9.33. The van der Waals surface area contributed by atoms with Gasteiger partial charge in [-0.3, -0.25) is 0 Å².